The molecule has 3 N–H and O–H groups in total. The zero-order valence-electron chi connectivity index (χ0n) is 57.0. The van der Waals surface area contributed by atoms with E-state index >= 15 is 0 Å². The molecule has 0 aromatic rings. The minimum absolute atomic E-state index is 0.105. The van der Waals surface area contributed by atoms with E-state index in [1.54, 1.807) is 0 Å². The van der Waals surface area contributed by atoms with Crippen molar-refractivity contribution in [1.29, 1.82) is 0 Å². The van der Waals surface area contributed by atoms with Crippen molar-refractivity contribution in [2.24, 2.45) is 11.8 Å². The third-order valence-electron chi connectivity index (χ3n) is 16.3. The monoisotopic (exact) mass is 1300 g/mol. The van der Waals surface area contributed by atoms with Gasteiger partial charge in [-0.15, -0.1) is 0 Å². The standard InChI is InChI=1S/C69H134O17P2/c1-7-10-12-14-16-18-20-22-27-34-40-46-52-67(72)80-57-64(85-68(73)53-47-41-35-28-24-23-25-32-38-44-50-62(6)9-3)59-83-87(75,76)81-55-63(70)56-82-88(77,78)84-60-65(86-69(74)54-48-42-36-30-29-31-37-43-49-61(4)5)58-79-66(71)51-45-39-33-26-21-19-17-15-13-11-8-2/h61-65,70H,7-60H2,1-6H3,(H,75,76)(H,77,78)/t62?,63-,64-,65-/m1/s1. The largest absolute Gasteiger partial charge is 0.472 e. The number of phosphoric ester groups is 2. The first-order chi connectivity index (χ1) is 42.4. The molecule has 0 aliphatic heterocycles. The summed E-state index contributed by atoms with van der Waals surface area (Å²) in [5.74, 6) is -0.604. The predicted molar refractivity (Wildman–Crippen MR) is 354 cm³/mol. The second kappa shape index (κ2) is 61.3. The Morgan fingerprint density at radius 3 is 0.864 bits per heavy atom. The minimum atomic E-state index is -4.95. The van der Waals surface area contributed by atoms with Crippen molar-refractivity contribution >= 4 is 39.5 Å². The molecule has 0 heterocycles. The summed E-state index contributed by atoms with van der Waals surface area (Å²) in [5.41, 5.74) is 0. The maximum Gasteiger partial charge on any atom is 0.472 e. The van der Waals surface area contributed by atoms with Gasteiger partial charge in [0, 0.05) is 25.7 Å². The van der Waals surface area contributed by atoms with Gasteiger partial charge in [0.15, 0.2) is 12.2 Å². The highest BCUT2D eigenvalue weighted by Crippen LogP contribution is 2.45. The van der Waals surface area contributed by atoms with Crippen LogP contribution in [0.25, 0.3) is 0 Å². The van der Waals surface area contributed by atoms with Crippen LogP contribution in [-0.2, 0) is 65.4 Å². The van der Waals surface area contributed by atoms with Crippen molar-refractivity contribution in [3.8, 4) is 0 Å². The van der Waals surface area contributed by atoms with Gasteiger partial charge in [-0.2, -0.15) is 0 Å². The van der Waals surface area contributed by atoms with Crippen molar-refractivity contribution in [3.05, 3.63) is 0 Å². The number of ether oxygens (including phenoxy) is 4. The molecule has 0 bridgehead atoms. The summed E-state index contributed by atoms with van der Waals surface area (Å²) in [7, 11) is -9.90. The van der Waals surface area contributed by atoms with Gasteiger partial charge in [-0.25, -0.2) is 9.13 Å². The number of aliphatic hydroxyl groups excluding tert-OH is 1. The highest BCUT2D eigenvalue weighted by atomic mass is 31.2. The molecule has 0 aliphatic carbocycles. The van der Waals surface area contributed by atoms with Crippen LogP contribution < -0.4 is 0 Å². The van der Waals surface area contributed by atoms with E-state index in [-0.39, 0.29) is 25.7 Å². The number of hydrogen-bond donors (Lipinski definition) is 3. The highest BCUT2D eigenvalue weighted by Gasteiger charge is 2.30. The fourth-order valence-electron chi connectivity index (χ4n) is 10.4. The molecule has 0 rings (SSSR count). The van der Waals surface area contributed by atoms with Crippen LogP contribution in [-0.4, -0.2) is 96.7 Å². The first-order valence-corrected chi connectivity index (χ1v) is 39.0. The van der Waals surface area contributed by atoms with Crippen LogP contribution in [0.1, 0.15) is 350 Å². The van der Waals surface area contributed by atoms with Crippen molar-refractivity contribution in [2.45, 2.75) is 368 Å². The van der Waals surface area contributed by atoms with E-state index in [9.17, 15) is 43.2 Å². The number of phosphoric acid groups is 2. The van der Waals surface area contributed by atoms with Crippen LogP contribution in [0.3, 0.4) is 0 Å². The second-order valence-corrected chi connectivity index (χ2v) is 28.5. The molecular weight excluding hydrogens is 1160 g/mol. The van der Waals surface area contributed by atoms with E-state index in [0.717, 1.165) is 102 Å². The van der Waals surface area contributed by atoms with Gasteiger partial charge in [0.2, 0.25) is 0 Å². The number of rotatable bonds is 68. The van der Waals surface area contributed by atoms with E-state index in [1.165, 1.54) is 167 Å². The Bertz CT molecular complexity index is 1720. The average molecular weight is 1300 g/mol. The number of esters is 4. The molecule has 0 aliphatic rings. The number of hydrogen-bond acceptors (Lipinski definition) is 15. The normalized spacial score (nSPS) is 14.5. The number of carbonyl (C=O) groups excluding carboxylic acids is 4. The quantitative estimate of drug-likeness (QED) is 0.0222. The molecule has 0 spiro atoms. The van der Waals surface area contributed by atoms with Crippen LogP contribution in [0.4, 0.5) is 0 Å². The maximum absolute atomic E-state index is 13.0. The third-order valence-corrected chi connectivity index (χ3v) is 18.2. The fraction of sp³-hybridized carbons (Fsp3) is 0.942. The van der Waals surface area contributed by atoms with E-state index in [2.05, 4.69) is 41.5 Å². The van der Waals surface area contributed by atoms with Gasteiger partial charge >= 0.3 is 39.5 Å². The lowest BCUT2D eigenvalue weighted by Crippen LogP contribution is -2.30. The lowest BCUT2D eigenvalue weighted by molar-refractivity contribution is -0.161. The molecule has 17 nitrogen and oxygen atoms in total. The zero-order valence-corrected chi connectivity index (χ0v) is 58.8. The topological polar surface area (TPSA) is 237 Å². The third kappa shape index (κ3) is 61.6. The van der Waals surface area contributed by atoms with E-state index < -0.39 is 97.5 Å². The molecule has 0 aromatic heterocycles. The molecule has 0 aromatic carbocycles. The first kappa shape index (κ1) is 86.1. The predicted octanol–water partition coefficient (Wildman–Crippen LogP) is 19.6. The molecule has 522 valence electrons. The lowest BCUT2D eigenvalue weighted by Gasteiger charge is -2.21. The van der Waals surface area contributed by atoms with Gasteiger partial charge in [0.25, 0.3) is 0 Å². The van der Waals surface area contributed by atoms with Crippen LogP contribution in [0, 0.1) is 11.8 Å². The second-order valence-electron chi connectivity index (χ2n) is 25.6. The summed E-state index contributed by atoms with van der Waals surface area (Å²) in [4.78, 5) is 72.5. The summed E-state index contributed by atoms with van der Waals surface area (Å²) in [6, 6.07) is 0. The van der Waals surface area contributed by atoms with Crippen LogP contribution >= 0.6 is 15.6 Å². The van der Waals surface area contributed by atoms with Gasteiger partial charge in [0.1, 0.15) is 19.3 Å². The number of carbonyl (C=O) groups is 4. The summed E-state index contributed by atoms with van der Waals surface area (Å²) in [5, 5.41) is 10.6. The zero-order chi connectivity index (χ0) is 65.0. The molecule has 0 saturated heterocycles. The molecule has 19 heteroatoms. The maximum atomic E-state index is 13.0. The fourth-order valence-corrected chi connectivity index (χ4v) is 12.0. The summed E-state index contributed by atoms with van der Waals surface area (Å²) >= 11 is 0. The molecule has 6 atom stereocenters. The van der Waals surface area contributed by atoms with Gasteiger partial charge in [-0.1, -0.05) is 298 Å². The van der Waals surface area contributed by atoms with E-state index in [1.807, 2.05) is 0 Å². The Hall–Kier alpha value is -1.94. The van der Waals surface area contributed by atoms with Gasteiger partial charge in [-0.05, 0) is 37.5 Å². The van der Waals surface area contributed by atoms with Crippen LogP contribution in [0.15, 0.2) is 0 Å². The summed E-state index contributed by atoms with van der Waals surface area (Å²) in [6.07, 6.45) is 45.6. The van der Waals surface area contributed by atoms with Gasteiger partial charge in [-0.3, -0.25) is 37.3 Å². The first-order valence-electron chi connectivity index (χ1n) is 36.0. The summed E-state index contributed by atoms with van der Waals surface area (Å²) < 4.78 is 68.2. The number of aliphatic hydroxyl groups is 1. The summed E-state index contributed by atoms with van der Waals surface area (Å²) in [6.45, 7) is 9.52. The Morgan fingerprint density at radius 1 is 0.330 bits per heavy atom. The molecule has 3 unspecified atom stereocenters. The smallest absolute Gasteiger partial charge is 0.462 e. The van der Waals surface area contributed by atoms with Crippen molar-refractivity contribution in [2.75, 3.05) is 39.6 Å². The molecule has 0 fully saturated rings. The Morgan fingerprint density at radius 2 is 0.580 bits per heavy atom. The average Bonchev–Trinajstić information content (AvgIpc) is 3.60. The minimum Gasteiger partial charge on any atom is -0.462 e. The van der Waals surface area contributed by atoms with Crippen molar-refractivity contribution in [1.82, 2.24) is 0 Å². The van der Waals surface area contributed by atoms with Crippen LogP contribution in [0.2, 0.25) is 0 Å². The lowest BCUT2D eigenvalue weighted by atomic mass is 9.99. The van der Waals surface area contributed by atoms with Gasteiger partial charge in [0.05, 0.1) is 26.4 Å². The van der Waals surface area contributed by atoms with Gasteiger partial charge < -0.3 is 33.8 Å². The van der Waals surface area contributed by atoms with Crippen LogP contribution in [0.5, 0.6) is 0 Å². The Balaban J connectivity index is 5.26. The van der Waals surface area contributed by atoms with Crippen molar-refractivity contribution in [3.63, 3.8) is 0 Å². The Kier molecular flexibility index (Phi) is 59.9. The molecule has 88 heavy (non-hydrogen) atoms. The molecule has 0 radical (unpaired) electrons. The molecular formula is C69H134O17P2. The SMILES string of the molecule is CCCCCCCCCCCCCCC(=O)OC[C@H](COP(=O)(O)OC[C@@H](O)COP(=O)(O)OC[C@@H](COC(=O)CCCCCCCCCCCCC)OC(=O)CCCCCCCCCCC(C)C)OC(=O)CCCCCCCCCCCCC(C)CC. The number of unbranched alkanes of at least 4 members (excludes halogenated alkanes) is 37. The highest BCUT2D eigenvalue weighted by molar-refractivity contribution is 7.47. The Labute approximate surface area is 537 Å². The van der Waals surface area contributed by atoms with E-state index in [4.69, 9.17) is 37.0 Å². The molecule has 0 saturated carbocycles. The van der Waals surface area contributed by atoms with E-state index in [0.29, 0.717) is 25.7 Å². The molecule has 0 amide bonds. The van der Waals surface area contributed by atoms with Crippen molar-refractivity contribution < 1.29 is 80.2 Å².